The van der Waals surface area contributed by atoms with Crippen molar-refractivity contribution in [2.24, 2.45) is 0 Å². The number of rotatable bonds is 7. The molecule has 1 aromatic carbocycles. The van der Waals surface area contributed by atoms with Gasteiger partial charge in [-0.2, -0.15) is 0 Å². The zero-order valence-electron chi connectivity index (χ0n) is 12.8. The molecule has 5 heteroatoms. The van der Waals surface area contributed by atoms with Crippen LogP contribution in [0.15, 0.2) is 24.3 Å². The van der Waals surface area contributed by atoms with Gasteiger partial charge in [-0.1, -0.05) is 29.8 Å². The quantitative estimate of drug-likeness (QED) is 0.558. The predicted molar refractivity (Wildman–Crippen MR) is 80.4 cm³/mol. The summed E-state index contributed by atoms with van der Waals surface area (Å²) in [4.78, 5) is 12.2. The first-order valence-electron chi connectivity index (χ1n) is 6.77. The summed E-state index contributed by atoms with van der Waals surface area (Å²) in [6.07, 6.45) is -0.748. The summed E-state index contributed by atoms with van der Waals surface area (Å²) in [5.41, 5.74) is 1.59. The van der Waals surface area contributed by atoms with Crippen molar-refractivity contribution in [1.82, 2.24) is 0 Å². The highest BCUT2D eigenvalue weighted by Crippen LogP contribution is 2.50. The van der Waals surface area contributed by atoms with Gasteiger partial charge < -0.3 is 9.05 Å². The van der Waals surface area contributed by atoms with E-state index in [9.17, 15) is 9.36 Å². The predicted octanol–water partition coefficient (Wildman–Crippen LogP) is 4.22. The minimum absolute atomic E-state index is 0.227. The standard InChI is InChI=1S/C15H23O4P/c1-11(2)18-20(17,19-12(3)4)10-15(16)14-8-6-13(5)7-9-14/h6-9,11-12H,10H2,1-5H3. The van der Waals surface area contributed by atoms with Crippen LogP contribution >= 0.6 is 7.60 Å². The van der Waals surface area contributed by atoms with E-state index in [1.807, 2.05) is 19.1 Å². The minimum atomic E-state index is -3.41. The highest BCUT2D eigenvalue weighted by Gasteiger charge is 2.31. The van der Waals surface area contributed by atoms with Crippen LogP contribution in [0.1, 0.15) is 43.6 Å². The topological polar surface area (TPSA) is 52.6 Å². The van der Waals surface area contributed by atoms with Gasteiger partial charge in [0.1, 0.15) is 6.16 Å². The van der Waals surface area contributed by atoms with E-state index in [-0.39, 0.29) is 24.2 Å². The van der Waals surface area contributed by atoms with Crippen LogP contribution in [0, 0.1) is 6.92 Å². The molecule has 0 amide bonds. The molecule has 0 saturated carbocycles. The number of ketones is 1. The summed E-state index contributed by atoms with van der Waals surface area (Å²) in [5, 5.41) is 0. The molecule has 0 fully saturated rings. The lowest BCUT2D eigenvalue weighted by atomic mass is 10.1. The fourth-order valence-electron chi connectivity index (χ4n) is 1.75. The van der Waals surface area contributed by atoms with Gasteiger partial charge in [-0.3, -0.25) is 9.36 Å². The molecule has 0 N–H and O–H groups in total. The Labute approximate surface area is 121 Å². The summed E-state index contributed by atoms with van der Waals surface area (Å²) in [6.45, 7) is 9.03. The molecule has 20 heavy (non-hydrogen) atoms. The summed E-state index contributed by atoms with van der Waals surface area (Å²) >= 11 is 0. The largest absolute Gasteiger partial charge is 0.338 e. The van der Waals surface area contributed by atoms with Crippen LogP contribution in [0.25, 0.3) is 0 Å². The van der Waals surface area contributed by atoms with Crippen LogP contribution in [0.2, 0.25) is 0 Å². The highest BCUT2D eigenvalue weighted by molar-refractivity contribution is 7.55. The van der Waals surface area contributed by atoms with E-state index in [1.165, 1.54) is 0 Å². The van der Waals surface area contributed by atoms with Gasteiger partial charge >= 0.3 is 7.60 Å². The van der Waals surface area contributed by atoms with E-state index in [4.69, 9.17) is 9.05 Å². The van der Waals surface area contributed by atoms with Crippen LogP contribution in [-0.4, -0.2) is 24.2 Å². The Hall–Kier alpha value is -0.960. The first kappa shape index (κ1) is 17.1. The van der Waals surface area contributed by atoms with Gasteiger partial charge in [0.2, 0.25) is 0 Å². The average Bonchev–Trinajstić information content (AvgIpc) is 2.26. The number of hydrogen-bond donors (Lipinski definition) is 0. The third-order valence-corrected chi connectivity index (χ3v) is 4.61. The van der Waals surface area contributed by atoms with E-state index in [0.717, 1.165) is 5.56 Å². The fourth-order valence-corrected chi connectivity index (χ4v) is 3.77. The van der Waals surface area contributed by atoms with Gasteiger partial charge in [0.05, 0.1) is 12.2 Å². The van der Waals surface area contributed by atoms with Gasteiger partial charge in [0, 0.05) is 5.56 Å². The molecule has 0 saturated heterocycles. The number of carbonyl (C=O) groups is 1. The maximum absolute atomic E-state index is 12.6. The number of carbonyl (C=O) groups excluding carboxylic acids is 1. The van der Waals surface area contributed by atoms with E-state index in [2.05, 4.69) is 0 Å². The Morgan fingerprint density at radius 1 is 1.05 bits per heavy atom. The monoisotopic (exact) mass is 298 g/mol. The first-order chi connectivity index (χ1) is 9.22. The van der Waals surface area contributed by atoms with Crippen LogP contribution in [0.4, 0.5) is 0 Å². The molecular formula is C15H23O4P. The lowest BCUT2D eigenvalue weighted by Crippen LogP contribution is -2.15. The summed E-state index contributed by atoms with van der Waals surface area (Å²) in [7, 11) is -3.41. The summed E-state index contributed by atoms with van der Waals surface area (Å²) in [5.74, 6) is -0.227. The van der Waals surface area contributed by atoms with Crippen molar-refractivity contribution < 1.29 is 18.4 Å². The third kappa shape index (κ3) is 5.58. The molecule has 0 bridgehead atoms. The van der Waals surface area contributed by atoms with Gasteiger partial charge in [0.15, 0.2) is 5.78 Å². The molecule has 0 aliphatic rings. The summed E-state index contributed by atoms with van der Waals surface area (Å²) < 4.78 is 23.4. The maximum atomic E-state index is 12.6. The first-order valence-corrected chi connectivity index (χ1v) is 8.50. The molecule has 1 rings (SSSR count). The zero-order chi connectivity index (χ0) is 15.3. The van der Waals surface area contributed by atoms with Crippen molar-refractivity contribution in [1.29, 1.82) is 0 Å². The second-order valence-corrected chi connectivity index (χ2v) is 7.33. The van der Waals surface area contributed by atoms with Crippen LogP contribution in [0.3, 0.4) is 0 Å². The molecule has 0 aromatic heterocycles. The van der Waals surface area contributed by atoms with Crippen molar-refractivity contribution in [3.8, 4) is 0 Å². The second kappa shape index (κ2) is 7.16. The van der Waals surface area contributed by atoms with Gasteiger partial charge in [-0.05, 0) is 34.6 Å². The van der Waals surface area contributed by atoms with Crippen molar-refractivity contribution in [3.63, 3.8) is 0 Å². The molecule has 112 valence electrons. The van der Waals surface area contributed by atoms with Gasteiger partial charge in [-0.25, -0.2) is 0 Å². The van der Waals surface area contributed by atoms with Crippen LogP contribution in [0.5, 0.6) is 0 Å². The normalized spacial score (nSPS) is 12.2. The molecular weight excluding hydrogens is 275 g/mol. The Morgan fingerprint density at radius 3 is 1.90 bits per heavy atom. The van der Waals surface area contributed by atoms with Crippen molar-refractivity contribution >= 4 is 13.4 Å². The van der Waals surface area contributed by atoms with E-state index >= 15 is 0 Å². The lowest BCUT2D eigenvalue weighted by Gasteiger charge is -2.22. The van der Waals surface area contributed by atoms with E-state index in [0.29, 0.717) is 5.56 Å². The van der Waals surface area contributed by atoms with Crippen LogP contribution in [-0.2, 0) is 13.6 Å². The molecule has 0 aliphatic carbocycles. The van der Waals surface area contributed by atoms with E-state index in [1.54, 1.807) is 39.8 Å². The number of aryl methyl sites for hydroxylation is 1. The molecule has 0 heterocycles. The Kier molecular flexibility index (Phi) is 6.12. The molecule has 1 aromatic rings. The molecule has 0 aliphatic heterocycles. The maximum Gasteiger partial charge on any atom is 0.338 e. The summed E-state index contributed by atoms with van der Waals surface area (Å²) in [6, 6.07) is 7.16. The second-order valence-electron chi connectivity index (χ2n) is 5.37. The molecule has 0 unspecified atom stereocenters. The smallest absolute Gasteiger partial charge is 0.305 e. The third-order valence-electron chi connectivity index (χ3n) is 2.45. The minimum Gasteiger partial charge on any atom is -0.305 e. The van der Waals surface area contributed by atoms with E-state index < -0.39 is 7.60 Å². The van der Waals surface area contributed by atoms with Crippen molar-refractivity contribution in [2.45, 2.75) is 46.8 Å². The van der Waals surface area contributed by atoms with Gasteiger partial charge in [0.25, 0.3) is 0 Å². The van der Waals surface area contributed by atoms with Gasteiger partial charge in [-0.15, -0.1) is 0 Å². The number of hydrogen-bond acceptors (Lipinski definition) is 4. The molecule has 4 nitrogen and oxygen atoms in total. The molecule has 0 atom stereocenters. The Bertz CT molecular complexity index is 477. The molecule has 0 radical (unpaired) electrons. The Morgan fingerprint density at radius 2 is 1.50 bits per heavy atom. The molecule has 0 spiro atoms. The van der Waals surface area contributed by atoms with Crippen LogP contribution < -0.4 is 0 Å². The SMILES string of the molecule is Cc1ccc(C(=O)CP(=O)(OC(C)C)OC(C)C)cc1. The fraction of sp³-hybridized carbons (Fsp3) is 0.533. The lowest BCUT2D eigenvalue weighted by molar-refractivity contribution is 0.0988. The zero-order valence-corrected chi connectivity index (χ0v) is 13.6. The number of benzene rings is 1. The van der Waals surface area contributed by atoms with Crippen molar-refractivity contribution in [2.75, 3.05) is 6.16 Å². The van der Waals surface area contributed by atoms with Crippen molar-refractivity contribution in [3.05, 3.63) is 35.4 Å². The Balaban J connectivity index is 2.86. The number of Topliss-reactive ketones (excluding diaryl/α,β-unsaturated/α-hetero) is 1. The highest BCUT2D eigenvalue weighted by atomic mass is 31.2. The average molecular weight is 298 g/mol.